The molecule has 0 aliphatic rings. The largest absolute Gasteiger partial charge is 0.310 e. The van der Waals surface area contributed by atoms with Crippen LogP contribution in [-0.4, -0.2) is 15.7 Å². The number of anilines is 1. The van der Waals surface area contributed by atoms with Gasteiger partial charge in [0.1, 0.15) is 11.6 Å². The first kappa shape index (κ1) is 19.6. The molecule has 1 aromatic heterocycles. The number of aromatic nitrogens is 2. The second kappa shape index (κ2) is 8.74. The molecule has 0 unspecified atom stereocenters. The van der Waals surface area contributed by atoms with Crippen LogP contribution < -0.4 is 5.32 Å². The van der Waals surface area contributed by atoms with Crippen LogP contribution in [0.4, 0.5) is 10.2 Å². The summed E-state index contributed by atoms with van der Waals surface area (Å²) in [7, 11) is 0. The minimum absolute atomic E-state index is 0.124. The van der Waals surface area contributed by atoms with E-state index in [-0.39, 0.29) is 17.6 Å². The van der Waals surface area contributed by atoms with Crippen molar-refractivity contribution in [3.05, 3.63) is 102 Å². The van der Waals surface area contributed by atoms with Crippen molar-refractivity contribution in [2.24, 2.45) is 0 Å². The number of carbonyl (C=O) groups is 1. The van der Waals surface area contributed by atoms with Gasteiger partial charge in [0.15, 0.2) is 0 Å². The third-order valence-electron chi connectivity index (χ3n) is 5.01. The molecule has 30 heavy (non-hydrogen) atoms. The van der Waals surface area contributed by atoms with Crippen LogP contribution in [0.25, 0.3) is 16.9 Å². The maximum Gasteiger partial charge on any atom is 0.233 e. The van der Waals surface area contributed by atoms with Crippen molar-refractivity contribution in [3.8, 4) is 16.9 Å². The first-order chi connectivity index (χ1) is 14.7. The van der Waals surface area contributed by atoms with Gasteiger partial charge in [0.05, 0.1) is 17.3 Å². The van der Waals surface area contributed by atoms with Gasteiger partial charge in [-0.2, -0.15) is 5.10 Å². The lowest BCUT2D eigenvalue weighted by Crippen LogP contribution is -2.22. The van der Waals surface area contributed by atoms with Gasteiger partial charge in [-0.3, -0.25) is 4.79 Å². The van der Waals surface area contributed by atoms with Gasteiger partial charge in [0, 0.05) is 11.6 Å². The Kier molecular flexibility index (Phi) is 5.70. The SMILES string of the molecule is CC[C@H](C(=O)Nc1cc(-c2ccccc2)nn1-c1cccc(F)c1)c1ccccc1. The topological polar surface area (TPSA) is 46.9 Å². The lowest BCUT2D eigenvalue weighted by atomic mass is 9.96. The summed E-state index contributed by atoms with van der Waals surface area (Å²) in [6.07, 6.45) is 0.662. The van der Waals surface area contributed by atoms with Gasteiger partial charge >= 0.3 is 0 Å². The molecule has 0 bridgehead atoms. The predicted molar refractivity (Wildman–Crippen MR) is 117 cm³/mol. The van der Waals surface area contributed by atoms with Crippen molar-refractivity contribution in [3.63, 3.8) is 0 Å². The molecular weight excluding hydrogens is 377 g/mol. The summed E-state index contributed by atoms with van der Waals surface area (Å²) < 4.78 is 15.4. The summed E-state index contributed by atoms with van der Waals surface area (Å²) in [6.45, 7) is 1.98. The van der Waals surface area contributed by atoms with E-state index >= 15 is 0 Å². The van der Waals surface area contributed by atoms with Gasteiger partial charge in [-0.25, -0.2) is 9.07 Å². The molecule has 4 rings (SSSR count). The Hall–Kier alpha value is -3.73. The Morgan fingerprint density at radius 3 is 2.33 bits per heavy atom. The fraction of sp³-hybridized carbons (Fsp3) is 0.120. The molecule has 0 spiro atoms. The standard InChI is InChI=1S/C25H22FN3O/c1-2-22(18-10-5-3-6-11-18)25(30)27-24-17-23(19-12-7-4-8-13-19)28-29(24)21-15-9-14-20(26)16-21/h3-17,22H,2H2,1H3,(H,27,30)/t22-/m0/s1. The molecular formula is C25H22FN3O. The van der Waals surface area contributed by atoms with Crippen molar-refractivity contribution in [1.29, 1.82) is 0 Å². The Morgan fingerprint density at radius 2 is 1.67 bits per heavy atom. The smallest absolute Gasteiger partial charge is 0.233 e. The molecule has 1 heterocycles. The highest BCUT2D eigenvalue weighted by molar-refractivity contribution is 5.95. The third-order valence-corrected chi connectivity index (χ3v) is 5.01. The fourth-order valence-electron chi connectivity index (χ4n) is 3.50. The lowest BCUT2D eigenvalue weighted by Gasteiger charge is -2.16. The van der Waals surface area contributed by atoms with Crippen molar-refractivity contribution in [2.45, 2.75) is 19.3 Å². The average Bonchev–Trinajstić information content (AvgIpc) is 3.19. The maximum atomic E-state index is 13.9. The highest BCUT2D eigenvalue weighted by atomic mass is 19.1. The van der Waals surface area contributed by atoms with Gasteiger partial charge in [-0.1, -0.05) is 73.7 Å². The zero-order valence-electron chi connectivity index (χ0n) is 16.6. The zero-order valence-corrected chi connectivity index (χ0v) is 16.6. The van der Waals surface area contributed by atoms with E-state index in [9.17, 15) is 9.18 Å². The normalized spacial score (nSPS) is 11.8. The Morgan fingerprint density at radius 1 is 0.967 bits per heavy atom. The highest BCUT2D eigenvalue weighted by Gasteiger charge is 2.21. The molecule has 1 N–H and O–H groups in total. The molecule has 150 valence electrons. The van der Waals surface area contributed by atoms with E-state index in [0.717, 1.165) is 11.1 Å². The molecule has 1 amide bonds. The molecule has 3 aromatic carbocycles. The molecule has 0 aliphatic heterocycles. The van der Waals surface area contributed by atoms with Gasteiger partial charge in [0.25, 0.3) is 0 Å². The molecule has 4 aromatic rings. The summed E-state index contributed by atoms with van der Waals surface area (Å²) >= 11 is 0. The van der Waals surface area contributed by atoms with Gasteiger partial charge < -0.3 is 5.32 Å². The molecule has 0 saturated heterocycles. The molecule has 0 saturated carbocycles. The minimum atomic E-state index is -0.364. The van der Waals surface area contributed by atoms with E-state index in [4.69, 9.17) is 0 Å². The van der Waals surface area contributed by atoms with Crippen LogP contribution in [0.5, 0.6) is 0 Å². The van der Waals surface area contributed by atoms with E-state index in [1.807, 2.05) is 73.7 Å². The summed E-state index contributed by atoms with van der Waals surface area (Å²) in [5, 5.41) is 7.65. The zero-order chi connectivity index (χ0) is 20.9. The van der Waals surface area contributed by atoms with Crippen LogP contribution in [0.15, 0.2) is 91.0 Å². The Bertz CT molecular complexity index is 1140. The average molecular weight is 399 g/mol. The molecule has 0 radical (unpaired) electrons. The monoisotopic (exact) mass is 399 g/mol. The number of rotatable bonds is 6. The molecule has 0 aliphatic carbocycles. The van der Waals surface area contributed by atoms with E-state index in [1.165, 1.54) is 12.1 Å². The van der Waals surface area contributed by atoms with Gasteiger partial charge in [-0.05, 0) is 30.2 Å². The third kappa shape index (κ3) is 4.15. The van der Waals surface area contributed by atoms with Crippen molar-refractivity contribution in [2.75, 3.05) is 5.32 Å². The second-order valence-electron chi connectivity index (χ2n) is 7.03. The van der Waals surface area contributed by atoms with Crippen molar-refractivity contribution in [1.82, 2.24) is 9.78 Å². The van der Waals surface area contributed by atoms with Crippen molar-refractivity contribution < 1.29 is 9.18 Å². The number of amides is 1. The Balaban J connectivity index is 1.72. The van der Waals surface area contributed by atoms with Crippen molar-refractivity contribution >= 4 is 11.7 Å². The summed E-state index contributed by atoms with van der Waals surface area (Å²) in [6, 6.07) is 27.3. The van der Waals surface area contributed by atoms with Crippen LogP contribution in [0.1, 0.15) is 24.8 Å². The van der Waals surface area contributed by atoms with Crippen LogP contribution in [0, 0.1) is 5.82 Å². The lowest BCUT2D eigenvalue weighted by molar-refractivity contribution is -0.117. The van der Waals surface area contributed by atoms with Crippen LogP contribution >= 0.6 is 0 Å². The predicted octanol–water partition coefficient (Wildman–Crippen LogP) is 5.81. The number of halogens is 1. The first-order valence-corrected chi connectivity index (χ1v) is 9.93. The summed E-state index contributed by atoms with van der Waals surface area (Å²) in [5.74, 6) is -0.279. The summed E-state index contributed by atoms with van der Waals surface area (Å²) in [5.41, 5.74) is 3.11. The molecule has 4 nitrogen and oxygen atoms in total. The van der Waals surface area contributed by atoms with E-state index in [2.05, 4.69) is 10.4 Å². The van der Waals surface area contributed by atoms with Crippen LogP contribution in [0.3, 0.4) is 0 Å². The first-order valence-electron chi connectivity index (χ1n) is 9.93. The number of nitrogens with one attached hydrogen (secondary N) is 1. The number of hydrogen-bond acceptors (Lipinski definition) is 2. The fourth-order valence-corrected chi connectivity index (χ4v) is 3.50. The van der Waals surface area contributed by atoms with Gasteiger partial charge in [0.2, 0.25) is 5.91 Å². The Labute approximate surface area is 175 Å². The molecule has 5 heteroatoms. The minimum Gasteiger partial charge on any atom is -0.310 e. The van der Waals surface area contributed by atoms with E-state index in [0.29, 0.717) is 23.6 Å². The number of nitrogens with zero attached hydrogens (tertiary/aromatic N) is 2. The van der Waals surface area contributed by atoms with Crippen LogP contribution in [-0.2, 0) is 4.79 Å². The number of benzene rings is 3. The highest BCUT2D eigenvalue weighted by Crippen LogP contribution is 2.27. The maximum absolute atomic E-state index is 13.9. The number of carbonyl (C=O) groups excluding carboxylic acids is 1. The number of hydrogen-bond donors (Lipinski definition) is 1. The van der Waals surface area contributed by atoms with E-state index in [1.54, 1.807) is 16.8 Å². The van der Waals surface area contributed by atoms with Gasteiger partial charge in [-0.15, -0.1) is 0 Å². The summed E-state index contributed by atoms with van der Waals surface area (Å²) in [4.78, 5) is 13.1. The second-order valence-corrected chi connectivity index (χ2v) is 7.03. The molecule has 1 atom stereocenters. The quantitative estimate of drug-likeness (QED) is 0.445. The van der Waals surface area contributed by atoms with E-state index < -0.39 is 0 Å². The van der Waals surface area contributed by atoms with Crippen LogP contribution in [0.2, 0.25) is 0 Å². The molecule has 0 fully saturated rings.